The maximum Gasteiger partial charge on any atom is 0.187 e. The number of hydrogen-bond donors (Lipinski definition) is 1. The van der Waals surface area contributed by atoms with Crippen LogP contribution in [-0.2, 0) is 0 Å². The highest BCUT2D eigenvalue weighted by atomic mass is 32.2. The second-order valence-electron chi connectivity index (χ2n) is 3.81. The van der Waals surface area contributed by atoms with Crippen molar-refractivity contribution in [2.45, 2.75) is 25.4 Å². The van der Waals surface area contributed by atoms with Crippen LogP contribution in [0.5, 0.6) is 0 Å². The Kier molecular flexibility index (Phi) is 6.36. The number of thioether (sulfide) groups is 1. The Hall–Kier alpha value is -0.610. The number of rotatable bonds is 7. The molecule has 15 heavy (non-hydrogen) atoms. The topological polar surface area (TPSA) is 37.8 Å². The summed E-state index contributed by atoms with van der Waals surface area (Å²) >= 11 is 1.69. The first-order valence-electron chi connectivity index (χ1n) is 5.39. The van der Waals surface area contributed by atoms with Crippen LogP contribution in [0.1, 0.15) is 20.3 Å². The Bertz CT molecular complexity index is 251. The molecule has 0 unspecified atom stereocenters. The molecule has 0 saturated carbocycles. The third kappa shape index (κ3) is 6.47. The molecule has 3 nitrogen and oxygen atoms in total. The van der Waals surface area contributed by atoms with Gasteiger partial charge in [-0.2, -0.15) is 0 Å². The second-order valence-corrected chi connectivity index (χ2v) is 4.87. The van der Waals surface area contributed by atoms with Crippen molar-refractivity contribution in [1.29, 1.82) is 0 Å². The van der Waals surface area contributed by atoms with Gasteiger partial charge in [-0.05, 0) is 24.9 Å². The van der Waals surface area contributed by atoms with Gasteiger partial charge in [0.15, 0.2) is 5.16 Å². The fraction of sp³-hybridized carbons (Fsp3) is 0.636. The molecule has 0 saturated heterocycles. The summed E-state index contributed by atoms with van der Waals surface area (Å²) in [5.41, 5.74) is 0. The molecule has 0 radical (unpaired) electrons. The van der Waals surface area contributed by atoms with Gasteiger partial charge in [0.2, 0.25) is 0 Å². The quantitative estimate of drug-likeness (QED) is 0.438. The van der Waals surface area contributed by atoms with Gasteiger partial charge in [-0.15, -0.1) is 0 Å². The largest absolute Gasteiger partial charge is 0.316 e. The van der Waals surface area contributed by atoms with Gasteiger partial charge < -0.3 is 5.32 Å². The summed E-state index contributed by atoms with van der Waals surface area (Å²) in [5, 5.41) is 4.27. The fourth-order valence-electron chi connectivity index (χ4n) is 1.09. The lowest BCUT2D eigenvalue weighted by Crippen LogP contribution is -2.19. The average Bonchev–Trinajstić information content (AvgIpc) is 2.24. The Morgan fingerprint density at radius 3 is 2.67 bits per heavy atom. The molecule has 0 aliphatic heterocycles. The zero-order valence-corrected chi connectivity index (χ0v) is 10.3. The van der Waals surface area contributed by atoms with E-state index < -0.39 is 0 Å². The first kappa shape index (κ1) is 12.5. The van der Waals surface area contributed by atoms with E-state index in [2.05, 4.69) is 29.1 Å². The van der Waals surface area contributed by atoms with Crippen LogP contribution in [0.15, 0.2) is 23.6 Å². The van der Waals surface area contributed by atoms with Gasteiger partial charge >= 0.3 is 0 Å². The molecule has 84 valence electrons. The molecule has 1 rings (SSSR count). The van der Waals surface area contributed by atoms with Crippen LogP contribution in [0.4, 0.5) is 0 Å². The van der Waals surface area contributed by atoms with E-state index in [0.717, 1.165) is 29.9 Å². The van der Waals surface area contributed by atoms with Crippen LogP contribution in [0.25, 0.3) is 0 Å². The number of nitrogens with zero attached hydrogens (tertiary/aromatic N) is 2. The zero-order valence-electron chi connectivity index (χ0n) is 9.44. The number of nitrogens with one attached hydrogen (secondary N) is 1. The molecule has 0 aromatic carbocycles. The van der Waals surface area contributed by atoms with Crippen molar-refractivity contribution in [1.82, 2.24) is 15.3 Å². The van der Waals surface area contributed by atoms with E-state index in [1.165, 1.54) is 6.42 Å². The molecule has 0 spiro atoms. The maximum absolute atomic E-state index is 4.15. The summed E-state index contributed by atoms with van der Waals surface area (Å²) < 4.78 is 0. The third-order valence-corrected chi connectivity index (χ3v) is 2.83. The molecule has 1 N–H and O–H groups in total. The minimum absolute atomic E-state index is 0.780. The van der Waals surface area contributed by atoms with E-state index in [1.807, 2.05) is 6.07 Å². The molecular weight excluding hydrogens is 206 g/mol. The van der Waals surface area contributed by atoms with E-state index >= 15 is 0 Å². The van der Waals surface area contributed by atoms with Gasteiger partial charge in [0.05, 0.1) is 0 Å². The fourth-order valence-corrected chi connectivity index (χ4v) is 1.79. The monoisotopic (exact) mass is 225 g/mol. The highest BCUT2D eigenvalue weighted by molar-refractivity contribution is 7.99. The van der Waals surface area contributed by atoms with Crippen LogP contribution in [0, 0.1) is 5.92 Å². The molecule has 0 aliphatic rings. The van der Waals surface area contributed by atoms with Crippen LogP contribution in [0.2, 0.25) is 0 Å². The predicted octanol–water partition coefficient (Wildman–Crippen LogP) is 2.20. The second kappa shape index (κ2) is 7.65. The van der Waals surface area contributed by atoms with Crippen LogP contribution < -0.4 is 5.32 Å². The van der Waals surface area contributed by atoms with Gasteiger partial charge in [0, 0.05) is 24.7 Å². The van der Waals surface area contributed by atoms with Crippen molar-refractivity contribution >= 4 is 11.8 Å². The minimum Gasteiger partial charge on any atom is -0.316 e. The van der Waals surface area contributed by atoms with Gasteiger partial charge in [0.1, 0.15) is 0 Å². The highest BCUT2D eigenvalue weighted by Gasteiger charge is 1.96. The SMILES string of the molecule is CC(C)CCNCCSc1ncccn1. The summed E-state index contributed by atoms with van der Waals surface area (Å²) in [4.78, 5) is 8.30. The molecular formula is C11H19N3S. The lowest BCUT2D eigenvalue weighted by molar-refractivity contribution is 0.547. The first-order chi connectivity index (χ1) is 7.29. The van der Waals surface area contributed by atoms with E-state index in [4.69, 9.17) is 0 Å². The van der Waals surface area contributed by atoms with Crippen molar-refractivity contribution in [2.75, 3.05) is 18.8 Å². The molecule has 0 fully saturated rings. The minimum atomic E-state index is 0.780. The van der Waals surface area contributed by atoms with E-state index in [-0.39, 0.29) is 0 Å². The van der Waals surface area contributed by atoms with Crippen molar-refractivity contribution in [3.05, 3.63) is 18.5 Å². The Labute approximate surface area is 96.1 Å². The van der Waals surface area contributed by atoms with Crippen molar-refractivity contribution in [2.24, 2.45) is 5.92 Å². The summed E-state index contributed by atoms with van der Waals surface area (Å²) in [7, 11) is 0. The summed E-state index contributed by atoms with van der Waals surface area (Å²) in [5.74, 6) is 1.81. The van der Waals surface area contributed by atoms with Crippen molar-refractivity contribution < 1.29 is 0 Å². The van der Waals surface area contributed by atoms with E-state index in [0.29, 0.717) is 0 Å². The highest BCUT2D eigenvalue weighted by Crippen LogP contribution is 2.09. The molecule has 0 bridgehead atoms. The molecule has 0 atom stereocenters. The lowest BCUT2D eigenvalue weighted by atomic mass is 10.1. The zero-order chi connectivity index (χ0) is 10.9. The van der Waals surface area contributed by atoms with Crippen LogP contribution in [0.3, 0.4) is 0 Å². The van der Waals surface area contributed by atoms with Gasteiger partial charge in [-0.25, -0.2) is 9.97 Å². The van der Waals surface area contributed by atoms with Crippen molar-refractivity contribution in [3.63, 3.8) is 0 Å². The van der Waals surface area contributed by atoms with Crippen LogP contribution in [-0.4, -0.2) is 28.8 Å². The van der Waals surface area contributed by atoms with E-state index in [1.54, 1.807) is 24.2 Å². The maximum atomic E-state index is 4.15. The molecule has 1 heterocycles. The Balaban J connectivity index is 1.98. The van der Waals surface area contributed by atoms with Crippen molar-refractivity contribution in [3.8, 4) is 0 Å². The third-order valence-electron chi connectivity index (χ3n) is 1.95. The van der Waals surface area contributed by atoms with E-state index in [9.17, 15) is 0 Å². The van der Waals surface area contributed by atoms with Gasteiger partial charge in [-0.3, -0.25) is 0 Å². The molecule has 0 aliphatic carbocycles. The standard InChI is InChI=1S/C11H19N3S/c1-10(2)4-7-12-8-9-15-11-13-5-3-6-14-11/h3,5-6,10,12H,4,7-9H2,1-2H3. The Morgan fingerprint density at radius 1 is 1.27 bits per heavy atom. The average molecular weight is 225 g/mol. The number of hydrogen-bond acceptors (Lipinski definition) is 4. The van der Waals surface area contributed by atoms with Crippen LogP contribution >= 0.6 is 11.8 Å². The molecule has 0 amide bonds. The first-order valence-corrected chi connectivity index (χ1v) is 6.38. The van der Waals surface area contributed by atoms with Gasteiger partial charge in [0.25, 0.3) is 0 Å². The van der Waals surface area contributed by atoms with Gasteiger partial charge in [-0.1, -0.05) is 25.6 Å². The molecule has 4 heteroatoms. The summed E-state index contributed by atoms with van der Waals surface area (Å²) in [6.45, 7) is 6.62. The summed E-state index contributed by atoms with van der Waals surface area (Å²) in [6, 6.07) is 1.84. The Morgan fingerprint density at radius 2 is 2.00 bits per heavy atom. The summed E-state index contributed by atoms with van der Waals surface area (Å²) in [6.07, 6.45) is 4.80. The smallest absolute Gasteiger partial charge is 0.187 e. The molecule has 1 aromatic heterocycles. The predicted molar refractivity (Wildman–Crippen MR) is 65.1 cm³/mol. The lowest BCUT2D eigenvalue weighted by Gasteiger charge is -2.05. The number of aromatic nitrogens is 2. The normalized spacial score (nSPS) is 10.9. The molecule has 1 aromatic rings.